The molecule has 0 saturated carbocycles. The van der Waals surface area contributed by atoms with E-state index in [1.165, 1.54) is 29.6 Å². The normalized spacial score (nSPS) is 15.3. The molecule has 3 aromatic carbocycles. The lowest BCUT2D eigenvalue weighted by molar-refractivity contribution is 0.202. The molecule has 34 heavy (non-hydrogen) atoms. The molecule has 1 fully saturated rings. The first kappa shape index (κ1) is 24.2. The average Bonchev–Trinajstić information content (AvgIpc) is 2.83. The highest BCUT2D eigenvalue weighted by molar-refractivity contribution is 7.92. The Bertz CT molecular complexity index is 1220. The number of hydrogen-bond acceptors (Lipinski definition) is 4. The maximum atomic E-state index is 14.1. The first-order valence-electron chi connectivity index (χ1n) is 11.2. The number of hydrogen-bond donors (Lipinski definition) is 0. The molecule has 0 atom stereocenters. The molecule has 0 bridgehead atoms. The molecule has 4 rings (SSSR count). The van der Waals surface area contributed by atoms with Crippen molar-refractivity contribution in [2.24, 2.45) is 0 Å². The number of halogens is 2. The largest absolute Gasteiger partial charge is 0.497 e. The standard InChI is InChI=1S/C26H28F2N2O3S/c1-19-9-11-23(12-10-19)34(31,32)30(21-5-3-6-22(17-21)33-2)20-13-15-29(16-14-20)18-24-25(27)7-4-8-26(24)28/h3-12,17,20H,13-16,18H2,1-2H3. The Hall–Kier alpha value is -2.97. The number of ether oxygens (including phenoxy) is 1. The van der Waals surface area contributed by atoms with Gasteiger partial charge in [-0.05, 0) is 56.2 Å². The minimum atomic E-state index is -3.85. The van der Waals surface area contributed by atoms with Gasteiger partial charge >= 0.3 is 0 Å². The average molecular weight is 487 g/mol. The van der Waals surface area contributed by atoms with E-state index in [2.05, 4.69) is 0 Å². The molecule has 1 aliphatic rings. The fourth-order valence-corrected chi connectivity index (χ4v) is 6.04. The highest BCUT2D eigenvalue weighted by atomic mass is 32.2. The Kier molecular flexibility index (Phi) is 7.19. The second-order valence-corrected chi connectivity index (χ2v) is 10.3. The van der Waals surface area contributed by atoms with E-state index < -0.39 is 21.7 Å². The van der Waals surface area contributed by atoms with Gasteiger partial charge in [-0.1, -0.05) is 29.8 Å². The Morgan fingerprint density at radius 3 is 2.21 bits per heavy atom. The molecule has 0 unspecified atom stereocenters. The van der Waals surface area contributed by atoms with Crippen molar-refractivity contribution in [3.8, 4) is 5.75 Å². The van der Waals surface area contributed by atoms with Crippen molar-refractivity contribution < 1.29 is 21.9 Å². The zero-order valence-electron chi connectivity index (χ0n) is 19.2. The third kappa shape index (κ3) is 5.08. The maximum Gasteiger partial charge on any atom is 0.264 e. The third-order valence-electron chi connectivity index (χ3n) is 6.22. The van der Waals surface area contributed by atoms with Crippen LogP contribution in [-0.4, -0.2) is 39.6 Å². The first-order valence-corrected chi connectivity index (χ1v) is 12.6. The molecule has 1 heterocycles. The summed E-state index contributed by atoms with van der Waals surface area (Å²) in [4.78, 5) is 2.18. The van der Waals surface area contributed by atoms with Crippen LogP contribution in [0, 0.1) is 18.6 Å². The number of methoxy groups -OCH3 is 1. The van der Waals surface area contributed by atoms with Gasteiger partial charge in [-0.25, -0.2) is 17.2 Å². The minimum Gasteiger partial charge on any atom is -0.497 e. The van der Waals surface area contributed by atoms with E-state index in [4.69, 9.17) is 4.74 Å². The Morgan fingerprint density at radius 1 is 0.971 bits per heavy atom. The summed E-state index contributed by atoms with van der Waals surface area (Å²) in [6.07, 6.45) is 1.05. The van der Waals surface area contributed by atoms with Crippen molar-refractivity contribution in [2.75, 3.05) is 24.5 Å². The van der Waals surface area contributed by atoms with Crippen LogP contribution in [0.15, 0.2) is 71.6 Å². The lowest BCUT2D eigenvalue weighted by Crippen LogP contribution is -2.47. The van der Waals surface area contributed by atoms with Gasteiger partial charge in [0.15, 0.2) is 0 Å². The highest BCUT2D eigenvalue weighted by Gasteiger charge is 2.34. The van der Waals surface area contributed by atoms with E-state index >= 15 is 0 Å². The number of piperidine rings is 1. The Balaban J connectivity index is 1.61. The van der Waals surface area contributed by atoms with Crippen LogP contribution in [0.25, 0.3) is 0 Å². The molecule has 0 N–H and O–H groups in total. The van der Waals surface area contributed by atoms with Gasteiger partial charge < -0.3 is 4.74 Å². The van der Waals surface area contributed by atoms with Crippen LogP contribution >= 0.6 is 0 Å². The molecule has 0 aliphatic carbocycles. The summed E-state index contributed by atoms with van der Waals surface area (Å²) >= 11 is 0. The van der Waals surface area contributed by atoms with Gasteiger partial charge in [0.1, 0.15) is 17.4 Å². The summed E-state index contributed by atoms with van der Waals surface area (Å²) in [6.45, 7) is 3.09. The van der Waals surface area contributed by atoms with Crippen LogP contribution in [0.5, 0.6) is 5.75 Å². The molecule has 0 aromatic heterocycles. The molecule has 5 nitrogen and oxygen atoms in total. The van der Waals surface area contributed by atoms with E-state index in [-0.39, 0.29) is 23.0 Å². The molecule has 0 amide bonds. The summed E-state index contributed by atoms with van der Waals surface area (Å²) < 4.78 is 62.6. The minimum absolute atomic E-state index is 0.0397. The van der Waals surface area contributed by atoms with Crippen molar-refractivity contribution in [1.82, 2.24) is 4.90 Å². The van der Waals surface area contributed by atoms with E-state index in [0.29, 0.717) is 37.4 Å². The molecule has 3 aromatic rings. The van der Waals surface area contributed by atoms with Crippen molar-refractivity contribution in [1.29, 1.82) is 0 Å². The van der Waals surface area contributed by atoms with E-state index in [1.807, 2.05) is 11.8 Å². The Morgan fingerprint density at radius 2 is 1.59 bits per heavy atom. The molecular weight excluding hydrogens is 458 g/mol. The predicted octanol–water partition coefficient (Wildman–Crippen LogP) is 5.14. The highest BCUT2D eigenvalue weighted by Crippen LogP contribution is 2.33. The first-order chi connectivity index (χ1) is 16.3. The van der Waals surface area contributed by atoms with Gasteiger partial charge in [0.05, 0.1) is 17.7 Å². The number of nitrogens with zero attached hydrogens (tertiary/aromatic N) is 2. The van der Waals surface area contributed by atoms with Gasteiger partial charge in [0.2, 0.25) is 0 Å². The van der Waals surface area contributed by atoms with Gasteiger partial charge in [0, 0.05) is 37.3 Å². The summed E-state index contributed by atoms with van der Waals surface area (Å²) in [5, 5.41) is 0. The summed E-state index contributed by atoms with van der Waals surface area (Å²) in [5.41, 5.74) is 1.54. The molecule has 180 valence electrons. The fourth-order valence-electron chi connectivity index (χ4n) is 4.34. The van der Waals surface area contributed by atoms with E-state index in [0.717, 1.165) is 5.56 Å². The van der Waals surface area contributed by atoms with Gasteiger partial charge in [-0.15, -0.1) is 0 Å². The number of rotatable bonds is 7. The van der Waals surface area contributed by atoms with Crippen LogP contribution in [0.1, 0.15) is 24.0 Å². The van der Waals surface area contributed by atoms with Crippen LogP contribution < -0.4 is 9.04 Å². The summed E-state index contributed by atoms with van der Waals surface area (Å²) in [5.74, 6) is -0.571. The molecule has 1 saturated heterocycles. The summed E-state index contributed by atoms with van der Waals surface area (Å²) in [7, 11) is -2.31. The van der Waals surface area contributed by atoms with Gasteiger partial charge in [0.25, 0.3) is 10.0 Å². The topological polar surface area (TPSA) is 49.9 Å². The van der Waals surface area contributed by atoms with Crippen molar-refractivity contribution >= 4 is 15.7 Å². The number of aryl methyl sites for hydroxylation is 1. The van der Waals surface area contributed by atoms with Crippen LogP contribution in [0.2, 0.25) is 0 Å². The zero-order chi connectivity index (χ0) is 24.3. The van der Waals surface area contributed by atoms with Crippen LogP contribution in [0.3, 0.4) is 0 Å². The summed E-state index contributed by atoms with van der Waals surface area (Å²) in [6, 6.07) is 17.4. The zero-order valence-corrected chi connectivity index (χ0v) is 20.1. The maximum absolute atomic E-state index is 14.1. The van der Waals surface area contributed by atoms with Crippen molar-refractivity contribution in [3.63, 3.8) is 0 Å². The fraction of sp³-hybridized carbons (Fsp3) is 0.308. The SMILES string of the molecule is COc1cccc(N(C2CCN(Cc3c(F)cccc3F)CC2)S(=O)(=O)c2ccc(C)cc2)c1. The molecule has 1 aliphatic heterocycles. The molecule has 8 heteroatoms. The molecule has 0 radical (unpaired) electrons. The van der Waals surface area contributed by atoms with Gasteiger partial charge in [-0.2, -0.15) is 0 Å². The van der Waals surface area contributed by atoms with Crippen LogP contribution in [0.4, 0.5) is 14.5 Å². The van der Waals surface area contributed by atoms with E-state index in [9.17, 15) is 17.2 Å². The predicted molar refractivity (Wildman–Crippen MR) is 128 cm³/mol. The van der Waals surface area contributed by atoms with E-state index in [1.54, 1.807) is 48.5 Å². The number of likely N-dealkylation sites (tertiary alicyclic amines) is 1. The second-order valence-electron chi connectivity index (χ2n) is 8.52. The van der Waals surface area contributed by atoms with Crippen molar-refractivity contribution in [3.05, 3.63) is 89.5 Å². The smallest absolute Gasteiger partial charge is 0.264 e. The van der Waals surface area contributed by atoms with Crippen LogP contribution in [-0.2, 0) is 16.6 Å². The quantitative estimate of drug-likeness (QED) is 0.464. The van der Waals surface area contributed by atoms with Gasteiger partial charge in [-0.3, -0.25) is 9.21 Å². The monoisotopic (exact) mass is 486 g/mol. The lowest BCUT2D eigenvalue weighted by atomic mass is 10.0. The van der Waals surface area contributed by atoms with Crippen molar-refractivity contribution in [2.45, 2.75) is 37.2 Å². The number of benzene rings is 3. The molecular formula is C26H28F2N2O3S. The lowest BCUT2D eigenvalue weighted by Gasteiger charge is -2.39. The second kappa shape index (κ2) is 10.1. The number of sulfonamides is 1. The molecule has 0 spiro atoms. The third-order valence-corrected chi connectivity index (χ3v) is 8.11. The number of anilines is 1. The Labute approximate surface area is 199 Å².